The maximum absolute atomic E-state index is 11.6. The Labute approximate surface area is 100.0 Å². The van der Waals surface area contributed by atoms with E-state index >= 15 is 0 Å². The summed E-state index contributed by atoms with van der Waals surface area (Å²) in [4.78, 5) is 2.07. The normalized spacial score (nSPS) is 11.4. The molecule has 0 spiro atoms. The fourth-order valence-electron chi connectivity index (χ4n) is 0.951. The molecule has 0 heterocycles. The molecule has 102 valence electrons. The van der Waals surface area contributed by atoms with E-state index in [1.165, 1.54) is 0 Å². The molecule has 0 aromatic rings. The van der Waals surface area contributed by atoms with Crippen molar-refractivity contribution in [3.63, 3.8) is 0 Å². The Balaban J connectivity index is -0.000000376. The third kappa shape index (κ3) is 19.4. The molecule has 0 aliphatic rings. The standard InChI is InChI=1S/C8H17F2NO.2C2H6/c1-4-11(3)5-7(2)6-12-8(9)10;2*1-2/h7-8H,4-6H2,1-3H3;2*1-2H3. The van der Waals surface area contributed by atoms with Gasteiger partial charge < -0.3 is 9.64 Å². The lowest BCUT2D eigenvalue weighted by Crippen LogP contribution is -2.26. The molecule has 0 aliphatic carbocycles. The van der Waals surface area contributed by atoms with Crippen molar-refractivity contribution in [1.82, 2.24) is 4.90 Å². The lowest BCUT2D eigenvalue weighted by Gasteiger charge is -2.19. The molecular formula is C12H29F2NO. The molecule has 0 radical (unpaired) electrons. The number of halogens is 2. The average molecular weight is 241 g/mol. The Hall–Kier alpha value is -0.220. The zero-order valence-corrected chi connectivity index (χ0v) is 11.9. The fraction of sp³-hybridized carbons (Fsp3) is 1.00. The van der Waals surface area contributed by atoms with Crippen LogP contribution in [0.4, 0.5) is 8.78 Å². The Morgan fingerprint density at radius 2 is 1.56 bits per heavy atom. The highest BCUT2D eigenvalue weighted by atomic mass is 19.3. The Morgan fingerprint density at radius 3 is 1.88 bits per heavy atom. The smallest absolute Gasteiger partial charge is 0.323 e. The van der Waals surface area contributed by atoms with Crippen molar-refractivity contribution >= 4 is 0 Å². The minimum Gasteiger partial charge on any atom is -0.323 e. The van der Waals surface area contributed by atoms with Gasteiger partial charge in [0.25, 0.3) is 0 Å². The SMILES string of the molecule is CC.CC.CCN(C)CC(C)COC(F)F. The van der Waals surface area contributed by atoms with Crippen molar-refractivity contribution in [1.29, 1.82) is 0 Å². The van der Waals surface area contributed by atoms with E-state index in [-0.39, 0.29) is 12.5 Å². The molecular weight excluding hydrogens is 212 g/mol. The first kappa shape index (κ1) is 21.1. The number of hydrogen-bond donors (Lipinski definition) is 0. The van der Waals surface area contributed by atoms with Crippen LogP contribution in [0.3, 0.4) is 0 Å². The van der Waals surface area contributed by atoms with Crippen LogP contribution in [0.25, 0.3) is 0 Å². The highest BCUT2D eigenvalue weighted by molar-refractivity contribution is 4.56. The number of nitrogens with zero attached hydrogens (tertiary/aromatic N) is 1. The van der Waals surface area contributed by atoms with E-state index in [0.717, 1.165) is 13.1 Å². The van der Waals surface area contributed by atoms with Crippen LogP contribution in [0.15, 0.2) is 0 Å². The Bertz CT molecular complexity index is 113. The van der Waals surface area contributed by atoms with E-state index in [9.17, 15) is 8.78 Å². The lowest BCUT2D eigenvalue weighted by atomic mass is 10.2. The van der Waals surface area contributed by atoms with Gasteiger partial charge in [-0.3, -0.25) is 0 Å². The first-order valence-corrected chi connectivity index (χ1v) is 6.14. The van der Waals surface area contributed by atoms with Gasteiger partial charge in [-0.2, -0.15) is 8.78 Å². The number of alkyl halides is 2. The molecule has 2 nitrogen and oxygen atoms in total. The molecule has 4 heteroatoms. The van der Waals surface area contributed by atoms with Crippen LogP contribution in [0, 0.1) is 5.92 Å². The molecule has 1 unspecified atom stereocenters. The van der Waals surface area contributed by atoms with Gasteiger partial charge in [-0.25, -0.2) is 0 Å². The summed E-state index contributed by atoms with van der Waals surface area (Å²) in [6, 6.07) is 0. The van der Waals surface area contributed by atoms with Gasteiger partial charge in [-0.05, 0) is 19.5 Å². The topological polar surface area (TPSA) is 12.5 Å². The molecule has 0 aromatic heterocycles. The highest BCUT2D eigenvalue weighted by Crippen LogP contribution is 2.02. The molecule has 0 fully saturated rings. The lowest BCUT2D eigenvalue weighted by molar-refractivity contribution is -0.137. The quantitative estimate of drug-likeness (QED) is 0.700. The minimum absolute atomic E-state index is 0.127. The van der Waals surface area contributed by atoms with Crippen molar-refractivity contribution in [2.45, 2.75) is 48.2 Å². The molecule has 0 saturated carbocycles. The van der Waals surface area contributed by atoms with E-state index in [0.29, 0.717) is 0 Å². The minimum atomic E-state index is -2.64. The van der Waals surface area contributed by atoms with Crippen LogP contribution in [0.5, 0.6) is 0 Å². The number of hydrogen-bond acceptors (Lipinski definition) is 2. The third-order valence-electron chi connectivity index (χ3n) is 1.67. The molecule has 0 aromatic carbocycles. The van der Waals surface area contributed by atoms with Crippen molar-refractivity contribution in [3.8, 4) is 0 Å². The molecule has 0 amide bonds. The van der Waals surface area contributed by atoms with Crippen LogP contribution in [0.1, 0.15) is 41.5 Å². The van der Waals surface area contributed by atoms with E-state index in [2.05, 4.69) is 9.64 Å². The molecule has 16 heavy (non-hydrogen) atoms. The zero-order valence-electron chi connectivity index (χ0n) is 11.9. The van der Waals surface area contributed by atoms with Gasteiger partial charge in [0.2, 0.25) is 0 Å². The largest absolute Gasteiger partial charge is 0.345 e. The van der Waals surface area contributed by atoms with Crippen LogP contribution >= 0.6 is 0 Å². The van der Waals surface area contributed by atoms with Gasteiger partial charge in [-0.1, -0.05) is 41.5 Å². The molecule has 0 aliphatic heterocycles. The summed E-state index contributed by atoms with van der Waals surface area (Å²) in [6.45, 7) is 11.1. The summed E-state index contributed by atoms with van der Waals surface area (Å²) in [7, 11) is 1.96. The summed E-state index contributed by atoms with van der Waals surface area (Å²) < 4.78 is 27.3. The first-order chi connectivity index (χ1) is 7.56. The van der Waals surface area contributed by atoms with E-state index < -0.39 is 6.61 Å². The Kier molecular flexibility index (Phi) is 22.7. The van der Waals surface area contributed by atoms with Crippen molar-refractivity contribution in [2.75, 3.05) is 26.7 Å². The van der Waals surface area contributed by atoms with Crippen LogP contribution in [-0.2, 0) is 4.74 Å². The predicted octanol–water partition coefficient (Wildman–Crippen LogP) is 3.87. The summed E-state index contributed by atoms with van der Waals surface area (Å²) >= 11 is 0. The number of rotatable bonds is 6. The second-order valence-corrected chi connectivity index (χ2v) is 3.05. The Morgan fingerprint density at radius 1 is 1.12 bits per heavy atom. The molecule has 0 bridgehead atoms. The average Bonchev–Trinajstić information content (AvgIpc) is 2.31. The third-order valence-corrected chi connectivity index (χ3v) is 1.67. The maximum Gasteiger partial charge on any atom is 0.345 e. The molecule has 0 N–H and O–H groups in total. The summed E-state index contributed by atoms with van der Waals surface area (Å²) in [6.07, 6.45) is 0. The summed E-state index contributed by atoms with van der Waals surface area (Å²) in [5.74, 6) is 0.156. The molecule has 1 atom stereocenters. The fourth-order valence-corrected chi connectivity index (χ4v) is 0.951. The van der Waals surface area contributed by atoms with E-state index in [1.807, 2.05) is 48.6 Å². The van der Waals surface area contributed by atoms with Gasteiger partial charge >= 0.3 is 6.61 Å². The number of ether oxygens (including phenoxy) is 1. The monoisotopic (exact) mass is 241 g/mol. The summed E-state index contributed by atoms with van der Waals surface area (Å²) in [5, 5.41) is 0. The zero-order chi connectivity index (χ0) is 13.6. The van der Waals surface area contributed by atoms with Crippen molar-refractivity contribution < 1.29 is 13.5 Å². The van der Waals surface area contributed by atoms with Crippen LogP contribution in [-0.4, -0.2) is 38.3 Å². The van der Waals surface area contributed by atoms with Gasteiger partial charge in [0, 0.05) is 6.54 Å². The van der Waals surface area contributed by atoms with Gasteiger partial charge in [0.1, 0.15) is 0 Å². The van der Waals surface area contributed by atoms with E-state index in [1.54, 1.807) is 0 Å². The maximum atomic E-state index is 11.6. The van der Waals surface area contributed by atoms with Gasteiger partial charge in [0.15, 0.2) is 0 Å². The van der Waals surface area contributed by atoms with E-state index in [4.69, 9.17) is 0 Å². The molecule has 0 saturated heterocycles. The van der Waals surface area contributed by atoms with Crippen LogP contribution < -0.4 is 0 Å². The predicted molar refractivity (Wildman–Crippen MR) is 67.0 cm³/mol. The van der Waals surface area contributed by atoms with Crippen molar-refractivity contribution in [3.05, 3.63) is 0 Å². The van der Waals surface area contributed by atoms with Gasteiger partial charge in [0.05, 0.1) is 6.61 Å². The van der Waals surface area contributed by atoms with Crippen LogP contribution in [0.2, 0.25) is 0 Å². The summed E-state index contributed by atoms with van der Waals surface area (Å²) in [5.41, 5.74) is 0. The second kappa shape index (κ2) is 17.2. The first-order valence-electron chi connectivity index (χ1n) is 6.14. The van der Waals surface area contributed by atoms with Crippen molar-refractivity contribution in [2.24, 2.45) is 5.92 Å². The highest BCUT2D eigenvalue weighted by Gasteiger charge is 2.08. The second-order valence-electron chi connectivity index (χ2n) is 3.05. The van der Waals surface area contributed by atoms with Gasteiger partial charge in [-0.15, -0.1) is 0 Å². The molecule has 0 rings (SSSR count).